The smallest absolute Gasteiger partial charge is 0.193 e. The maximum absolute atomic E-state index is 12.4. The van der Waals surface area contributed by atoms with E-state index in [1.54, 1.807) is 48.7 Å². The fraction of sp³-hybridized carbons (Fsp3) is 0. The SMILES string of the molecule is O=C(c1ccccc1)c1ccc(N=Cc2cc(Br)cc(I)c2O)cc1. The van der Waals surface area contributed by atoms with Gasteiger partial charge in [-0.1, -0.05) is 46.3 Å². The van der Waals surface area contributed by atoms with E-state index in [1.165, 1.54) is 0 Å². The molecule has 3 nitrogen and oxygen atoms in total. The molecule has 0 unspecified atom stereocenters. The van der Waals surface area contributed by atoms with Gasteiger partial charge in [0.1, 0.15) is 5.75 Å². The van der Waals surface area contributed by atoms with Crippen LogP contribution in [0.1, 0.15) is 21.5 Å². The predicted molar refractivity (Wildman–Crippen MR) is 112 cm³/mol. The number of halogens is 2. The van der Waals surface area contributed by atoms with E-state index in [4.69, 9.17) is 0 Å². The van der Waals surface area contributed by atoms with Crippen LogP contribution in [0, 0.1) is 3.57 Å². The van der Waals surface area contributed by atoms with Gasteiger partial charge in [0.2, 0.25) is 0 Å². The van der Waals surface area contributed by atoms with Crippen LogP contribution < -0.4 is 0 Å². The summed E-state index contributed by atoms with van der Waals surface area (Å²) in [5.41, 5.74) is 2.61. The zero-order valence-corrected chi connectivity index (χ0v) is 16.7. The molecule has 3 aromatic rings. The van der Waals surface area contributed by atoms with Crippen molar-refractivity contribution in [2.75, 3.05) is 0 Å². The number of phenols is 1. The number of carbonyl (C=O) groups excluding carboxylic acids is 1. The van der Waals surface area contributed by atoms with Gasteiger partial charge in [0.15, 0.2) is 5.78 Å². The average molecular weight is 506 g/mol. The second-order valence-electron chi connectivity index (χ2n) is 5.33. The molecule has 0 aromatic heterocycles. The van der Waals surface area contributed by atoms with Crippen molar-refractivity contribution >= 4 is 56.2 Å². The lowest BCUT2D eigenvalue weighted by Gasteiger charge is -2.03. The molecule has 3 aromatic carbocycles. The summed E-state index contributed by atoms with van der Waals surface area (Å²) in [6.07, 6.45) is 1.61. The third-order valence-electron chi connectivity index (χ3n) is 3.58. The van der Waals surface area contributed by atoms with Gasteiger partial charge in [-0.15, -0.1) is 0 Å². The van der Waals surface area contributed by atoms with Crippen LogP contribution in [-0.4, -0.2) is 17.1 Å². The number of ketones is 1. The Morgan fingerprint density at radius 2 is 1.64 bits per heavy atom. The molecule has 0 radical (unpaired) electrons. The van der Waals surface area contributed by atoms with Gasteiger partial charge < -0.3 is 5.11 Å². The zero-order chi connectivity index (χ0) is 17.8. The Hall–Kier alpha value is -1.99. The van der Waals surface area contributed by atoms with Gasteiger partial charge in [-0.3, -0.25) is 9.79 Å². The number of nitrogens with zero attached hydrogens (tertiary/aromatic N) is 1. The monoisotopic (exact) mass is 505 g/mol. The summed E-state index contributed by atoms with van der Waals surface area (Å²) in [5, 5.41) is 10.1. The van der Waals surface area contributed by atoms with Crippen molar-refractivity contribution in [1.82, 2.24) is 0 Å². The standard InChI is InChI=1S/C20H13BrINO2/c21-16-10-15(20(25)18(22)11-16)12-23-17-8-6-14(7-9-17)19(24)13-4-2-1-3-5-13/h1-12,25H. The quantitative estimate of drug-likeness (QED) is 0.279. The zero-order valence-electron chi connectivity index (χ0n) is 13.0. The molecule has 0 saturated carbocycles. The molecule has 0 fully saturated rings. The van der Waals surface area contributed by atoms with Crippen LogP contribution in [0.25, 0.3) is 0 Å². The lowest BCUT2D eigenvalue weighted by Crippen LogP contribution is -2.00. The van der Waals surface area contributed by atoms with E-state index in [1.807, 2.05) is 24.3 Å². The Kier molecular flexibility index (Phi) is 5.65. The van der Waals surface area contributed by atoms with Gasteiger partial charge in [-0.2, -0.15) is 0 Å². The minimum Gasteiger partial charge on any atom is -0.506 e. The topological polar surface area (TPSA) is 49.7 Å². The molecule has 0 aliphatic carbocycles. The van der Waals surface area contributed by atoms with Crippen molar-refractivity contribution in [3.8, 4) is 5.75 Å². The van der Waals surface area contributed by atoms with E-state index in [-0.39, 0.29) is 11.5 Å². The highest BCUT2D eigenvalue weighted by molar-refractivity contribution is 14.1. The number of benzene rings is 3. The summed E-state index contributed by atoms with van der Waals surface area (Å²) in [5.74, 6) is 0.179. The maximum atomic E-state index is 12.4. The predicted octanol–water partition coefficient (Wildman–Crippen LogP) is 5.74. The number of hydrogen-bond donors (Lipinski definition) is 1. The van der Waals surface area contributed by atoms with E-state index in [0.29, 0.717) is 22.4 Å². The Morgan fingerprint density at radius 1 is 1.00 bits per heavy atom. The molecule has 0 aliphatic rings. The van der Waals surface area contributed by atoms with Crippen LogP contribution in [0.2, 0.25) is 0 Å². The van der Waals surface area contributed by atoms with Crippen molar-refractivity contribution in [3.63, 3.8) is 0 Å². The van der Waals surface area contributed by atoms with Gasteiger partial charge in [0.05, 0.1) is 9.26 Å². The Labute approximate surface area is 167 Å². The summed E-state index contributed by atoms with van der Waals surface area (Å²) in [6.45, 7) is 0. The highest BCUT2D eigenvalue weighted by Crippen LogP contribution is 2.28. The normalized spacial score (nSPS) is 11.0. The van der Waals surface area contributed by atoms with E-state index < -0.39 is 0 Å². The molecule has 0 aliphatic heterocycles. The van der Waals surface area contributed by atoms with Crippen LogP contribution in [-0.2, 0) is 0 Å². The number of phenolic OH excluding ortho intramolecular Hbond substituents is 1. The van der Waals surface area contributed by atoms with E-state index >= 15 is 0 Å². The number of aliphatic imine (C=N–C) groups is 1. The first kappa shape index (κ1) is 17.8. The second kappa shape index (κ2) is 7.93. The lowest BCUT2D eigenvalue weighted by atomic mass is 10.0. The molecular weight excluding hydrogens is 493 g/mol. The van der Waals surface area contributed by atoms with Crippen LogP contribution in [0.3, 0.4) is 0 Å². The maximum Gasteiger partial charge on any atom is 0.193 e. The van der Waals surface area contributed by atoms with Crippen molar-refractivity contribution < 1.29 is 9.90 Å². The number of rotatable bonds is 4. The molecule has 5 heteroatoms. The van der Waals surface area contributed by atoms with Crippen LogP contribution >= 0.6 is 38.5 Å². The molecule has 3 rings (SSSR count). The van der Waals surface area contributed by atoms with Crippen molar-refractivity contribution in [3.05, 3.63) is 91.5 Å². The summed E-state index contributed by atoms with van der Waals surface area (Å²) >= 11 is 5.47. The van der Waals surface area contributed by atoms with Gasteiger partial charge in [-0.25, -0.2) is 0 Å². The minimum atomic E-state index is -0.0182. The third kappa shape index (κ3) is 4.35. The molecular formula is C20H13BrINO2. The van der Waals surface area contributed by atoms with Crippen molar-refractivity contribution in [1.29, 1.82) is 0 Å². The van der Waals surface area contributed by atoms with Gasteiger partial charge in [0.25, 0.3) is 0 Å². The second-order valence-corrected chi connectivity index (χ2v) is 7.40. The van der Waals surface area contributed by atoms with Crippen LogP contribution in [0.5, 0.6) is 5.75 Å². The first-order valence-electron chi connectivity index (χ1n) is 7.46. The summed E-state index contributed by atoms with van der Waals surface area (Å²) < 4.78 is 1.62. The Morgan fingerprint density at radius 3 is 2.32 bits per heavy atom. The summed E-state index contributed by atoms with van der Waals surface area (Å²) in [7, 11) is 0. The van der Waals surface area contributed by atoms with Crippen LogP contribution in [0.4, 0.5) is 5.69 Å². The molecule has 0 saturated heterocycles. The van der Waals surface area contributed by atoms with E-state index in [0.717, 1.165) is 8.04 Å². The van der Waals surface area contributed by atoms with Gasteiger partial charge in [0, 0.05) is 27.4 Å². The first-order chi connectivity index (χ1) is 12.0. The molecule has 0 amide bonds. The molecule has 25 heavy (non-hydrogen) atoms. The molecule has 0 spiro atoms. The fourth-order valence-corrected chi connectivity index (χ4v) is 3.83. The average Bonchev–Trinajstić information content (AvgIpc) is 2.64. The van der Waals surface area contributed by atoms with Gasteiger partial charge >= 0.3 is 0 Å². The fourth-order valence-electron chi connectivity index (χ4n) is 2.28. The highest BCUT2D eigenvalue weighted by atomic mass is 127. The Balaban J connectivity index is 1.81. The molecule has 1 N–H and O–H groups in total. The Bertz CT molecular complexity index is 938. The van der Waals surface area contributed by atoms with E-state index in [9.17, 15) is 9.90 Å². The van der Waals surface area contributed by atoms with Crippen molar-refractivity contribution in [2.45, 2.75) is 0 Å². The number of carbonyl (C=O) groups is 1. The van der Waals surface area contributed by atoms with E-state index in [2.05, 4.69) is 43.5 Å². The molecule has 0 bridgehead atoms. The van der Waals surface area contributed by atoms with Gasteiger partial charge in [-0.05, 0) is 59.0 Å². The number of hydrogen-bond acceptors (Lipinski definition) is 3. The largest absolute Gasteiger partial charge is 0.506 e. The lowest BCUT2D eigenvalue weighted by molar-refractivity contribution is 0.103. The molecule has 0 heterocycles. The highest BCUT2D eigenvalue weighted by Gasteiger charge is 2.08. The molecule has 0 atom stereocenters. The third-order valence-corrected chi connectivity index (χ3v) is 4.86. The van der Waals surface area contributed by atoms with Crippen molar-refractivity contribution in [2.24, 2.45) is 4.99 Å². The molecule has 124 valence electrons. The summed E-state index contributed by atoms with van der Waals surface area (Å²) in [6, 6.07) is 19.9. The minimum absolute atomic E-state index is 0.0182. The number of aromatic hydroxyl groups is 1. The summed E-state index contributed by atoms with van der Waals surface area (Å²) in [4.78, 5) is 16.8. The van der Waals surface area contributed by atoms with Crippen LogP contribution in [0.15, 0.2) is 76.2 Å². The first-order valence-corrected chi connectivity index (χ1v) is 9.33.